The van der Waals surface area contributed by atoms with Crippen LogP contribution in [0.1, 0.15) is 44.2 Å². The molecule has 19 heavy (non-hydrogen) atoms. The first-order valence-corrected chi connectivity index (χ1v) is 6.97. The quantitative estimate of drug-likeness (QED) is 0.882. The number of benzene rings is 1. The number of halogens is 2. The third kappa shape index (κ3) is 4.25. The molecule has 0 amide bonds. The van der Waals surface area contributed by atoms with Crippen LogP contribution in [0, 0.1) is 11.6 Å². The average Bonchev–Trinajstić information content (AvgIpc) is 2.43. The first kappa shape index (κ1) is 14.4. The van der Waals surface area contributed by atoms with Crippen molar-refractivity contribution in [1.82, 2.24) is 5.32 Å². The molecule has 0 spiro atoms. The first-order valence-electron chi connectivity index (χ1n) is 6.97. The van der Waals surface area contributed by atoms with E-state index < -0.39 is 11.6 Å². The Hall–Kier alpha value is -1.00. The molecule has 4 heteroatoms. The van der Waals surface area contributed by atoms with Gasteiger partial charge in [-0.1, -0.05) is 6.07 Å². The molecule has 0 radical (unpaired) electrons. The fraction of sp³-hybridized carbons (Fsp3) is 0.600. The zero-order chi connectivity index (χ0) is 13.7. The van der Waals surface area contributed by atoms with Crippen LogP contribution >= 0.6 is 0 Å². The third-order valence-electron chi connectivity index (χ3n) is 3.63. The standard InChI is InChI=1S/C15H21F2NO/c1-11(12-5-6-14(16)15(17)10-12)18-8-7-13-4-2-3-9-19-13/h5-6,10-11,13,18H,2-4,7-9H2,1H3. The van der Waals surface area contributed by atoms with E-state index in [0.717, 1.165) is 38.0 Å². The molecule has 0 bridgehead atoms. The molecule has 1 fully saturated rings. The van der Waals surface area contributed by atoms with Crippen LogP contribution in [0.2, 0.25) is 0 Å². The fourth-order valence-corrected chi connectivity index (χ4v) is 2.40. The van der Waals surface area contributed by atoms with E-state index in [-0.39, 0.29) is 6.04 Å². The maximum atomic E-state index is 13.1. The van der Waals surface area contributed by atoms with E-state index in [4.69, 9.17) is 4.74 Å². The van der Waals surface area contributed by atoms with Crippen molar-refractivity contribution in [3.05, 3.63) is 35.4 Å². The van der Waals surface area contributed by atoms with E-state index >= 15 is 0 Å². The molecule has 0 aliphatic carbocycles. The Balaban J connectivity index is 1.76. The SMILES string of the molecule is CC(NCCC1CCCCO1)c1ccc(F)c(F)c1. The van der Waals surface area contributed by atoms with Crippen LogP contribution in [0.3, 0.4) is 0 Å². The fourth-order valence-electron chi connectivity index (χ4n) is 2.40. The highest BCUT2D eigenvalue weighted by Crippen LogP contribution is 2.18. The summed E-state index contributed by atoms with van der Waals surface area (Å²) < 4.78 is 31.6. The maximum absolute atomic E-state index is 13.1. The van der Waals surface area contributed by atoms with E-state index in [2.05, 4.69) is 5.32 Å². The lowest BCUT2D eigenvalue weighted by Crippen LogP contribution is -2.27. The molecule has 2 atom stereocenters. The van der Waals surface area contributed by atoms with E-state index in [1.165, 1.54) is 18.6 Å². The number of ether oxygens (including phenoxy) is 1. The molecule has 2 rings (SSSR count). The Labute approximate surface area is 113 Å². The Kier molecular flexibility index (Phi) is 5.28. The Bertz CT molecular complexity index is 405. The molecule has 1 saturated heterocycles. The average molecular weight is 269 g/mol. The molecule has 1 aromatic rings. The highest BCUT2D eigenvalue weighted by Gasteiger charge is 2.14. The van der Waals surface area contributed by atoms with Crippen LogP contribution in [0.4, 0.5) is 8.78 Å². The molecule has 0 saturated carbocycles. The molecule has 1 heterocycles. The predicted octanol–water partition coefficient (Wildman–Crippen LogP) is 3.57. The summed E-state index contributed by atoms with van der Waals surface area (Å²) in [5.74, 6) is -1.59. The molecule has 1 aliphatic heterocycles. The Morgan fingerprint density at radius 3 is 2.84 bits per heavy atom. The van der Waals surface area contributed by atoms with Gasteiger partial charge in [0.2, 0.25) is 0 Å². The number of hydrogen-bond donors (Lipinski definition) is 1. The van der Waals surface area contributed by atoms with Gasteiger partial charge in [-0.05, 0) is 56.8 Å². The van der Waals surface area contributed by atoms with Crippen molar-refractivity contribution in [1.29, 1.82) is 0 Å². The molecule has 106 valence electrons. The summed E-state index contributed by atoms with van der Waals surface area (Å²) in [5.41, 5.74) is 0.767. The van der Waals surface area contributed by atoms with Crippen molar-refractivity contribution in [2.75, 3.05) is 13.2 Å². The minimum absolute atomic E-state index is 0.0127. The molecule has 2 nitrogen and oxygen atoms in total. The zero-order valence-corrected chi connectivity index (χ0v) is 11.3. The van der Waals surface area contributed by atoms with Crippen molar-refractivity contribution in [3.63, 3.8) is 0 Å². The van der Waals surface area contributed by atoms with Crippen LogP contribution in [-0.2, 0) is 4.74 Å². The van der Waals surface area contributed by atoms with Crippen molar-refractivity contribution in [3.8, 4) is 0 Å². The van der Waals surface area contributed by atoms with Crippen molar-refractivity contribution in [2.24, 2.45) is 0 Å². The second-order valence-electron chi connectivity index (χ2n) is 5.13. The minimum atomic E-state index is -0.799. The van der Waals surface area contributed by atoms with Crippen LogP contribution < -0.4 is 5.32 Å². The van der Waals surface area contributed by atoms with Crippen molar-refractivity contribution in [2.45, 2.75) is 44.8 Å². The second-order valence-corrected chi connectivity index (χ2v) is 5.13. The normalized spacial score (nSPS) is 21.3. The highest BCUT2D eigenvalue weighted by molar-refractivity contribution is 5.20. The highest BCUT2D eigenvalue weighted by atomic mass is 19.2. The van der Waals surface area contributed by atoms with Gasteiger partial charge in [0.1, 0.15) is 0 Å². The van der Waals surface area contributed by atoms with Crippen LogP contribution in [0.25, 0.3) is 0 Å². The molecular weight excluding hydrogens is 248 g/mol. The smallest absolute Gasteiger partial charge is 0.159 e. The summed E-state index contributed by atoms with van der Waals surface area (Å²) in [6.45, 7) is 3.64. The van der Waals surface area contributed by atoms with E-state index in [0.29, 0.717) is 6.10 Å². The lowest BCUT2D eigenvalue weighted by atomic mass is 10.1. The second kappa shape index (κ2) is 6.96. The third-order valence-corrected chi connectivity index (χ3v) is 3.63. The summed E-state index contributed by atoms with van der Waals surface area (Å²) in [7, 11) is 0. The molecule has 1 aliphatic rings. The van der Waals surface area contributed by atoms with Gasteiger partial charge in [-0.2, -0.15) is 0 Å². The Morgan fingerprint density at radius 2 is 2.16 bits per heavy atom. The van der Waals surface area contributed by atoms with Gasteiger partial charge in [-0.3, -0.25) is 0 Å². The summed E-state index contributed by atoms with van der Waals surface area (Å²) in [6, 6.07) is 4.06. The monoisotopic (exact) mass is 269 g/mol. The van der Waals surface area contributed by atoms with Crippen molar-refractivity contribution >= 4 is 0 Å². The van der Waals surface area contributed by atoms with Gasteiger partial charge in [-0.15, -0.1) is 0 Å². The van der Waals surface area contributed by atoms with Crippen LogP contribution in [0.15, 0.2) is 18.2 Å². The zero-order valence-electron chi connectivity index (χ0n) is 11.3. The summed E-state index contributed by atoms with van der Waals surface area (Å²) >= 11 is 0. The summed E-state index contributed by atoms with van der Waals surface area (Å²) in [5, 5.41) is 3.32. The molecule has 1 N–H and O–H groups in total. The minimum Gasteiger partial charge on any atom is -0.378 e. The van der Waals surface area contributed by atoms with E-state index in [1.54, 1.807) is 6.07 Å². The largest absolute Gasteiger partial charge is 0.378 e. The van der Waals surface area contributed by atoms with Gasteiger partial charge in [0.15, 0.2) is 11.6 Å². The lowest BCUT2D eigenvalue weighted by molar-refractivity contribution is 0.0112. The van der Waals surface area contributed by atoms with E-state index in [1.807, 2.05) is 6.92 Å². The summed E-state index contributed by atoms with van der Waals surface area (Å²) in [6.07, 6.45) is 4.84. The van der Waals surface area contributed by atoms with Gasteiger partial charge in [0.05, 0.1) is 6.10 Å². The topological polar surface area (TPSA) is 21.3 Å². The van der Waals surface area contributed by atoms with Crippen LogP contribution in [0.5, 0.6) is 0 Å². The lowest BCUT2D eigenvalue weighted by Gasteiger charge is -2.23. The molecule has 1 aromatic carbocycles. The number of hydrogen-bond acceptors (Lipinski definition) is 2. The molecular formula is C15H21F2NO. The maximum Gasteiger partial charge on any atom is 0.159 e. The predicted molar refractivity (Wildman–Crippen MR) is 71.0 cm³/mol. The first-order chi connectivity index (χ1) is 9.16. The van der Waals surface area contributed by atoms with E-state index in [9.17, 15) is 8.78 Å². The summed E-state index contributed by atoms with van der Waals surface area (Å²) in [4.78, 5) is 0. The Morgan fingerprint density at radius 1 is 1.32 bits per heavy atom. The molecule has 2 unspecified atom stereocenters. The van der Waals surface area contributed by atoms with Gasteiger partial charge >= 0.3 is 0 Å². The van der Waals surface area contributed by atoms with Gasteiger partial charge in [0, 0.05) is 12.6 Å². The van der Waals surface area contributed by atoms with Crippen LogP contribution in [-0.4, -0.2) is 19.3 Å². The number of nitrogens with one attached hydrogen (secondary N) is 1. The molecule has 0 aromatic heterocycles. The number of rotatable bonds is 5. The van der Waals surface area contributed by atoms with Gasteiger partial charge < -0.3 is 10.1 Å². The van der Waals surface area contributed by atoms with Crippen molar-refractivity contribution < 1.29 is 13.5 Å². The van der Waals surface area contributed by atoms with Gasteiger partial charge in [0.25, 0.3) is 0 Å². The van der Waals surface area contributed by atoms with Gasteiger partial charge in [-0.25, -0.2) is 8.78 Å².